The Hall–Kier alpha value is -2.70. The smallest absolute Gasteiger partial charge is 0.315 e. The first kappa shape index (κ1) is 16.2. The molecule has 0 radical (unpaired) electrons. The zero-order chi connectivity index (χ0) is 16.8. The maximum atomic E-state index is 11.9. The van der Waals surface area contributed by atoms with Crippen LogP contribution in [0.2, 0.25) is 0 Å². The van der Waals surface area contributed by atoms with Crippen molar-refractivity contribution in [2.75, 3.05) is 19.8 Å². The van der Waals surface area contributed by atoms with Gasteiger partial charge in [0.05, 0.1) is 6.33 Å². The summed E-state index contributed by atoms with van der Waals surface area (Å²) in [6.45, 7) is 4.37. The number of nitrogens with one attached hydrogen (secondary N) is 2. The van der Waals surface area contributed by atoms with Gasteiger partial charge in [0.1, 0.15) is 13.2 Å². The Morgan fingerprint density at radius 3 is 2.96 bits per heavy atom. The molecule has 0 bridgehead atoms. The Bertz CT molecular complexity index is 672. The fraction of sp³-hybridized carbons (Fsp3) is 0.412. The monoisotopic (exact) mass is 330 g/mol. The molecule has 2 N–H and O–H groups in total. The number of urea groups is 1. The number of hydrogen-bond donors (Lipinski definition) is 2. The Balaban J connectivity index is 1.40. The van der Waals surface area contributed by atoms with Gasteiger partial charge in [0.15, 0.2) is 11.5 Å². The molecular weight excluding hydrogens is 308 g/mol. The third-order valence-corrected chi connectivity index (χ3v) is 3.73. The fourth-order valence-corrected chi connectivity index (χ4v) is 2.60. The number of carbonyl (C=O) groups excluding carboxylic acids is 1. The first-order valence-corrected chi connectivity index (χ1v) is 8.09. The van der Waals surface area contributed by atoms with E-state index in [1.165, 1.54) is 0 Å². The number of amides is 2. The predicted molar refractivity (Wildman–Crippen MR) is 89.4 cm³/mol. The highest BCUT2D eigenvalue weighted by Crippen LogP contribution is 2.30. The first-order chi connectivity index (χ1) is 11.7. The van der Waals surface area contributed by atoms with Crippen LogP contribution < -0.4 is 20.1 Å². The van der Waals surface area contributed by atoms with Gasteiger partial charge in [-0.1, -0.05) is 6.07 Å². The van der Waals surface area contributed by atoms with Crippen molar-refractivity contribution in [1.29, 1.82) is 0 Å². The molecule has 0 spiro atoms. The molecule has 0 aliphatic carbocycles. The lowest BCUT2D eigenvalue weighted by Gasteiger charge is -2.19. The van der Waals surface area contributed by atoms with Gasteiger partial charge < -0.3 is 24.7 Å². The van der Waals surface area contributed by atoms with Gasteiger partial charge in [-0.15, -0.1) is 0 Å². The second-order valence-electron chi connectivity index (χ2n) is 5.79. The summed E-state index contributed by atoms with van der Waals surface area (Å²) in [5.41, 5.74) is 1.10. The zero-order valence-corrected chi connectivity index (χ0v) is 13.7. The van der Waals surface area contributed by atoms with Crippen molar-refractivity contribution in [2.45, 2.75) is 25.9 Å². The lowest BCUT2D eigenvalue weighted by atomic mass is 10.1. The number of rotatable bonds is 6. The van der Waals surface area contributed by atoms with Crippen molar-refractivity contribution in [2.24, 2.45) is 0 Å². The summed E-state index contributed by atoms with van der Waals surface area (Å²) in [4.78, 5) is 15.9. The molecule has 0 saturated carbocycles. The van der Waals surface area contributed by atoms with Crippen LogP contribution >= 0.6 is 0 Å². The molecular formula is C17H22N4O3. The number of imidazole rings is 1. The minimum atomic E-state index is -0.167. The van der Waals surface area contributed by atoms with E-state index in [0.29, 0.717) is 26.3 Å². The highest BCUT2D eigenvalue weighted by molar-refractivity contribution is 5.74. The summed E-state index contributed by atoms with van der Waals surface area (Å²) in [5.74, 6) is 1.56. The number of carbonyl (C=O) groups is 1. The molecule has 1 aliphatic heterocycles. The van der Waals surface area contributed by atoms with E-state index in [2.05, 4.69) is 15.6 Å². The number of ether oxygens (including phenoxy) is 2. The number of fused-ring (bicyclic) bond motifs is 1. The summed E-state index contributed by atoms with van der Waals surface area (Å²) < 4.78 is 13.0. The van der Waals surface area contributed by atoms with Gasteiger partial charge >= 0.3 is 6.03 Å². The van der Waals surface area contributed by atoms with Gasteiger partial charge in [-0.25, -0.2) is 9.78 Å². The van der Waals surface area contributed by atoms with Gasteiger partial charge in [-0.2, -0.15) is 0 Å². The predicted octanol–water partition coefficient (Wildman–Crippen LogP) is 1.58. The Morgan fingerprint density at radius 2 is 2.17 bits per heavy atom. The highest BCUT2D eigenvalue weighted by atomic mass is 16.6. The lowest BCUT2D eigenvalue weighted by molar-refractivity contribution is 0.171. The Labute approximate surface area is 141 Å². The molecule has 0 fully saturated rings. The topological polar surface area (TPSA) is 77.4 Å². The van der Waals surface area contributed by atoms with E-state index in [0.717, 1.165) is 23.5 Å². The van der Waals surface area contributed by atoms with E-state index in [9.17, 15) is 4.79 Å². The third-order valence-electron chi connectivity index (χ3n) is 3.73. The van der Waals surface area contributed by atoms with E-state index in [1.807, 2.05) is 35.9 Å². The minimum Gasteiger partial charge on any atom is -0.486 e. The Morgan fingerprint density at radius 1 is 1.33 bits per heavy atom. The molecule has 1 aliphatic rings. The Kier molecular flexibility index (Phi) is 5.20. The first-order valence-electron chi connectivity index (χ1n) is 8.09. The molecule has 1 aromatic heterocycles. The average molecular weight is 330 g/mol. The number of nitrogens with zero attached hydrogens (tertiary/aromatic N) is 2. The molecule has 0 saturated heterocycles. The minimum absolute atomic E-state index is 0.0218. The molecule has 2 aromatic rings. The van der Waals surface area contributed by atoms with Crippen molar-refractivity contribution in [3.05, 3.63) is 42.5 Å². The van der Waals surface area contributed by atoms with Gasteiger partial charge in [0.25, 0.3) is 0 Å². The van der Waals surface area contributed by atoms with Crippen molar-refractivity contribution in [3.8, 4) is 11.5 Å². The maximum absolute atomic E-state index is 11.9. The normalized spacial score (nSPS) is 14.0. The zero-order valence-electron chi connectivity index (χ0n) is 13.7. The molecule has 128 valence electrons. The number of benzene rings is 1. The van der Waals surface area contributed by atoms with Crippen LogP contribution in [-0.2, 0) is 13.0 Å². The maximum Gasteiger partial charge on any atom is 0.315 e. The standard InChI is InChI=1S/C17H22N4O3/c1-13(11-21-7-6-18-12-21)20-17(22)19-5-4-14-2-3-15-16(10-14)24-9-8-23-15/h2-3,6-7,10,12-13H,4-5,8-9,11H2,1H3,(H2,19,20,22)/t13-/m0/s1. The number of hydrogen-bond acceptors (Lipinski definition) is 4. The molecule has 2 heterocycles. The molecule has 0 unspecified atom stereocenters. The molecule has 7 heteroatoms. The average Bonchev–Trinajstić information content (AvgIpc) is 3.07. The highest BCUT2D eigenvalue weighted by Gasteiger charge is 2.12. The third kappa shape index (κ3) is 4.41. The van der Waals surface area contributed by atoms with Crippen LogP contribution in [0.25, 0.3) is 0 Å². The van der Waals surface area contributed by atoms with Crippen LogP contribution in [0.5, 0.6) is 11.5 Å². The summed E-state index contributed by atoms with van der Waals surface area (Å²) in [6.07, 6.45) is 6.07. The van der Waals surface area contributed by atoms with Crippen LogP contribution in [0.1, 0.15) is 12.5 Å². The van der Waals surface area contributed by atoms with Crippen molar-refractivity contribution >= 4 is 6.03 Å². The molecule has 24 heavy (non-hydrogen) atoms. The van der Waals surface area contributed by atoms with Crippen LogP contribution in [0.3, 0.4) is 0 Å². The number of aromatic nitrogens is 2. The quantitative estimate of drug-likeness (QED) is 0.843. The van der Waals surface area contributed by atoms with Crippen LogP contribution in [0.15, 0.2) is 36.9 Å². The van der Waals surface area contributed by atoms with Gasteiger partial charge in [-0.3, -0.25) is 0 Å². The molecule has 1 atom stereocenters. The van der Waals surface area contributed by atoms with E-state index in [4.69, 9.17) is 9.47 Å². The summed E-state index contributed by atoms with van der Waals surface area (Å²) in [7, 11) is 0. The van der Waals surface area contributed by atoms with Crippen LogP contribution in [-0.4, -0.2) is 41.4 Å². The summed E-state index contributed by atoms with van der Waals surface area (Å²) >= 11 is 0. The van der Waals surface area contributed by atoms with Crippen LogP contribution in [0.4, 0.5) is 4.79 Å². The SMILES string of the molecule is C[C@@H](Cn1ccnc1)NC(=O)NCCc1ccc2c(c1)OCCO2. The van der Waals surface area contributed by atoms with Gasteiger partial charge in [0, 0.05) is 31.5 Å². The molecule has 7 nitrogen and oxygen atoms in total. The van der Waals surface area contributed by atoms with E-state index < -0.39 is 0 Å². The summed E-state index contributed by atoms with van der Waals surface area (Å²) in [6, 6.07) is 5.73. The molecule has 2 amide bonds. The molecule has 1 aromatic carbocycles. The second-order valence-corrected chi connectivity index (χ2v) is 5.79. The van der Waals surface area contributed by atoms with Crippen LogP contribution in [0, 0.1) is 0 Å². The summed E-state index contributed by atoms with van der Waals surface area (Å²) in [5, 5.41) is 5.79. The molecule has 3 rings (SSSR count). The van der Waals surface area contributed by atoms with E-state index in [1.54, 1.807) is 12.5 Å². The largest absolute Gasteiger partial charge is 0.486 e. The van der Waals surface area contributed by atoms with Gasteiger partial charge in [0.2, 0.25) is 0 Å². The van der Waals surface area contributed by atoms with Crippen molar-refractivity contribution < 1.29 is 14.3 Å². The lowest BCUT2D eigenvalue weighted by Crippen LogP contribution is -2.43. The van der Waals surface area contributed by atoms with E-state index >= 15 is 0 Å². The van der Waals surface area contributed by atoms with E-state index in [-0.39, 0.29) is 12.1 Å². The fourth-order valence-electron chi connectivity index (χ4n) is 2.60. The van der Waals surface area contributed by atoms with Crippen molar-refractivity contribution in [1.82, 2.24) is 20.2 Å². The van der Waals surface area contributed by atoms with Gasteiger partial charge in [-0.05, 0) is 31.0 Å². The second kappa shape index (κ2) is 7.72. The van der Waals surface area contributed by atoms with Crippen molar-refractivity contribution in [3.63, 3.8) is 0 Å².